The molecule has 0 radical (unpaired) electrons. The van der Waals surface area contributed by atoms with Crippen LogP contribution < -0.4 is 11.1 Å². The molecule has 0 saturated carbocycles. The summed E-state index contributed by atoms with van der Waals surface area (Å²) in [5.74, 6) is -2.56. The molecule has 3 N–H and O–H groups in total. The number of fused-ring (bicyclic) bond motifs is 1. The molecule has 0 aliphatic heterocycles. The maximum absolute atomic E-state index is 12.9. The number of nitrogens with zero attached hydrogens (tertiary/aromatic N) is 2. The van der Waals surface area contributed by atoms with E-state index in [-0.39, 0.29) is 12.0 Å². The number of rotatable bonds is 7. The summed E-state index contributed by atoms with van der Waals surface area (Å²) >= 11 is 1.10. The largest absolute Gasteiger partial charge is 0.464 e. The van der Waals surface area contributed by atoms with Gasteiger partial charge in [0, 0.05) is 28.9 Å². The Hall–Kier alpha value is -3.85. The first-order valence-electron chi connectivity index (χ1n) is 9.00. The fraction of sp³-hybridized carbons (Fsp3) is 0.0952. The van der Waals surface area contributed by atoms with Gasteiger partial charge in [-0.05, 0) is 29.7 Å². The summed E-state index contributed by atoms with van der Waals surface area (Å²) < 4.78 is 9.73. The van der Waals surface area contributed by atoms with Gasteiger partial charge in [0.1, 0.15) is 17.3 Å². The van der Waals surface area contributed by atoms with Crippen LogP contribution in [0.3, 0.4) is 0 Å². The number of carbonyl (C=O) groups is 3. The summed E-state index contributed by atoms with van der Waals surface area (Å²) in [6.07, 6.45) is 3.16. The van der Waals surface area contributed by atoms with E-state index >= 15 is 0 Å². The minimum atomic E-state index is -1.15. The number of furan rings is 1. The van der Waals surface area contributed by atoms with Crippen molar-refractivity contribution >= 4 is 40.1 Å². The second-order valence-electron chi connectivity index (χ2n) is 6.51. The second kappa shape index (κ2) is 8.26. The molecule has 30 heavy (non-hydrogen) atoms. The Morgan fingerprint density at radius 1 is 1.13 bits per heavy atom. The first kappa shape index (κ1) is 19.5. The number of nitrogens with two attached hydrogens (primary N) is 1. The van der Waals surface area contributed by atoms with E-state index in [0.717, 1.165) is 16.9 Å². The SMILES string of the molecule is NC(=O)C(=O)C(Cc1coc2ccccc12)NC(=O)c1csnc1-c1ccccn1. The lowest BCUT2D eigenvalue weighted by Gasteiger charge is -2.15. The number of carbonyl (C=O) groups excluding carboxylic acids is 3. The van der Waals surface area contributed by atoms with Gasteiger partial charge in [0.2, 0.25) is 5.78 Å². The number of pyridine rings is 1. The van der Waals surface area contributed by atoms with Crippen molar-refractivity contribution in [3.05, 3.63) is 71.4 Å². The smallest absolute Gasteiger partial charge is 0.287 e. The minimum absolute atomic E-state index is 0.0566. The molecule has 0 fully saturated rings. The molecule has 2 amide bonds. The first-order chi connectivity index (χ1) is 14.5. The average molecular weight is 420 g/mol. The number of hydrogen-bond acceptors (Lipinski definition) is 7. The van der Waals surface area contributed by atoms with E-state index < -0.39 is 23.6 Å². The third-order valence-electron chi connectivity index (χ3n) is 4.57. The highest BCUT2D eigenvalue weighted by Gasteiger charge is 2.28. The number of para-hydroxylation sites is 1. The summed E-state index contributed by atoms with van der Waals surface area (Å²) in [4.78, 5) is 41.1. The summed E-state index contributed by atoms with van der Waals surface area (Å²) in [5.41, 5.74) is 7.72. The van der Waals surface area contributed by atoms with E-state index in [1.54, 1.807) is 35.8 Å². The highest BCUT2D eigenvalue weighted by molar-refractivity contribution is 7.04. The van der Waals surface area contributed by atoms with Gasteiger partial charge in [-0.25, -0.2) is 0 Å². The number of amides is 2. The lowest BCUT2D eigenvalue weighted by Crippen LogP contribution is -2.47. The van der Waals surface area contributed by atoms with Crippen molar-refractivity contribution in [2.45, 2.75) is 12.5 Å². The molecule has 3 aromatic heterocycles. The number of nitrogens with one attached hydrogen (secondary N) is 1. The van der Waals surface area contributed by atoms with Gasteiger partial charge < -0.3 is 15.5 Å². The zero-order chi connectivity index (χ0) is 21.1. The van der Waals surface area contributed by atoms with Crippen molar-refractivity contribution in [1.82, 2.24) is 14.7 Å². The summed E-state index contributed by atoms with van der Waals surface area (Å²) in [5, 5.41) is 4.98. The topological polar surface area (TPSA) is 128 Å². The van der Waals surface area contributed by atoms with E-state index in [1.807, 2.05) is 18.2 Å². The summed E-state index contributed by atoms with van der Waals surface area (Å²) in [6, 6.07) is 11.4. The van der Waals surface area contributed by atoms with Crippen molar-refractivity contribution in [3.8, 4) is 11.4 Å². The lowest BCUT2D eigenvalue weighted by molar-refractivity contribution is -0.137. The standard InChI is InChI=1S/C21H16N4O4S/c22-20(27)19(26)16(9-12-10-29-17-7-2-1-5-13(12)17)24-21(28)14-11-30-25-18(14)15-6-3-4-8-23-15/h1-8,10-11,16H,9H2,(H2,22,27)(H,24,28). The number of Topliss-reactive ketones (excluding diaryl/α,β-unsaturated/α-hetero) is 1. The van der Waals surface area contributed by atoms with Crippen molar-refractivity contribution in [2.75, 3.05) is 0 Å². The van der Waals surface area contributed by atoms with Crippen LogP contribution in [0.1, 0.15) is 15.9 Å². The van der Waals surface area contributed by atoms with Crippen molar-refractivity contribution in [1.29, 1.82) is 0 Å². The molecule has 9 heteroatoms. The Morgan fingerprint density at radius 2 is 1.93 bits per heavy atom. The van der Waals surface area contributed by atoms with Crippen LogP contribution in [0, 0.1) is 0 Å². The second-order valence-corrected chi connectivity index (χ2v) is 7.14. The maximum Gasteiger partial charge on any atom is 0.287 e. The molecule has 3 heterocycles. The Kier molecular flexibility index (Phi) is 5.36. The fourth-order valence-electron chi connectivity index (χ4n) is 3.11. The molecule has 8 nitrogen and oxygen atoms in total. The fourth-order valence-corrected chi connectivity index (χ4v) is 3.79. The molecule has 4 rings (SSSR count). The molecule has 1 unspecified atom stereocenters. The van der Waals surface area contributed by atoms with Gasteiger partial charge in [-0.15, -0.1) is 0 Å². The van der Waals surface area contributed by atoms with E-state index in [2.05, 4.69) is 14.7 Å². The zero-order valence-corrected chi connectivity index (χ0v) is 16.4. The molecule has 0 aliphatic carbocycles. The molecule has 150 valence electrons. The molecule has 0 bridgehead atoms. The van der Waals surface area contributed by atoms with Crippen LogP contribution in [0.15, 0.2) is 64.7 Å². The molecule has 0 saturated heterocycles. The number of benzene rings is 1. The quantitative estimate of drug-likeness (QED) is 0.442. The van der Waals surface area contributed by atoms with Gasteiger partial charge in [0.15, 0.2) is 0 Å². The van der Waals surface area contributed by atoms with Gasteiger partial charge in [-0.1, -0.05) is 24.3 Å². The molecule has 4 aromatic rings. The lowest BCUT2D eigenvalue weighted by atomic mass is 10.0. The molecule has 0 spiro atoms. The zero-order valence-electron chi connectivity index (χ0n) is 15.6. The Balaban J connectivity index is 1.62. The van der Waals surface area contributed by atoms with Crippen molar-refractivity contribution in [3.63, 3.8) is 0 Å². The van der Waals surface area contributed by atoms with Gasteiger partial charge in [-0.3, -0.25) is 19.4 Å². The first-order valence-corrected chi connectivity index (χ1v) is 9.83. The molecule has 1 atom stereocenters. The summed E-state index contributed by atoms with van der Waals surface area (Å²) in [7, 11) is 0. The Morgan fingerprint density at radius 3 is 2.70 bits per heavy atom. The number of ketones is 1. The van der Waals surface area contributed by atoms with E-state index in [1.165, 1.54) is 6.26 Å². The van der Waals surface area contributed by atoms with Gasteiger partial charge in [0.25, 0.3) is 11.8 Å². The van der Waals surface area contributed by atoms with Gasteiger partial charge >= 0.3 is 0 Å². The molecular formula is C21H16N4O4S. The van der Waals surface area contributed by atoms with Gasteiger partial charge in [-0.2, -0.15) is 4.37 Å². The number of aromatic nitrogens is 2. The van der Waals surface area contributed by atoms with Crippen LogP contribution in [0.25, 0.3) is 22.4 Å². The highest BCUT2D eigenvalue weighted by Crippen LogP contribution is 2.24. The van der Waals surface area contributed by atoms with Crippen LogP contribution >= 0.6 is 11.5 Å². The number of hydrogen-bond donors (Lipinski definition) is 2. The van der Waals surface area contributed by atoms with Crippen molar-refractivity contribution in [2.24, 2.45) is 5.73 Å². The molecular weight excluding hydrogens is 404 g/mol. The maximum atomic E-state index is 12.9. The van der Waals surface area contributed by atoms with Gasteiger partial charge in [0.05, 0.1) is 17.5 Å². The minimum Gasteiger partial charge on any atom is -0.464 e. The highest BCUT2D eigenvalue weighted by atomic mass is 32.1. The average Bonchev–Trinajstić information content (AvgIpc) is 3.41. The van der Waals surface area contributed by atoms with E-state index in [0.29, 0.717) is 22.5 Å². The number of primary amides is 1. The predicted molar refractivity (Wildman–Crippen MR) is 111 cm³/mol. The normalized spacial score (nSPS) is 11.9. The Labute approximate surface area is 174 Å². The third-order valence-corrected chi connectivity index (χ3v) is 5.20. The van der Waals surface area contributed by atoms with E-state index in [4.69, 9.17) is 10.2 Å². The monoisotopic (exact) mass is 420 g/mol. The van der Waals surface area contributed by atoms with Crippen LogP contribution in [0.5, 0.6) is 0 Å². The Bertz CT molecular complexity index is 1230. The molecule has 0 aliphatic rings. The van der Waals surface area contributed by atoms with Crippen LogP contribution in [-0.2, 0) is 16.0 Å². The summed E-state index contributed by atoms with van der Waals surface area (Å²) in [6.45, 7) is 0. The molecule has 1 aromatic carbocycles. The predicted octanol–water partition coefficient (Wildman–Crippen LogP) is 2.35. The van der Waals surface area contributed by atoms with E-state index in [9.17, 15) is 14.4 Å². The third kappa shape index (κ3) is 3.83. The van der Waals surface area contributed by atoms with Crippen molar-refractivity contribution < 1.29 is 18.8 Å². The van der Waals surface area contributed by atoms with Crippen LogP contribution in [-0.4, -0.2) is 33.0 Å². The van der Waals surface area contributed by atoms with Crippen LogP contribution in [0.2, 0.25) is 0 Å². The van der Waals surface area contributed by atoms with Crippen LogP contribution in [0.4, 0.5) is 0 Å².